The van der Waals surface area contributed by atoms with E-state index in [1.807, 2.05) is 21.6 Å². The van der Waals surface area contributed by atoms with Crippen LogP contribution in [0.5, 0.6) is 0 Å². The van der Waals surface area contributed by atoms with Crippen LogP contribution in [0.15, 0.2) is 49.1 Å². The Morgan fingerprint density at radius 2 is 1.32 bits per heavy atom. The van der Waals surface area contributed by atoms with Crippen molar-refractivity contribution in [3.8, 4) is 11.4 Å². The van der Waals surface area contributed by atoms with Crippen molar-refractivity contribution in [2.75, 3.05) is 71.9 Å². The average Bonchev–Trinajstić information content (AvgIpc) is 3.62. The Kier molecular flexibility index (Phi) is 16.5. The Morgan fingerprint density at radius 1 is 0.725 bits per heavy atom. The number of hydrogen-bond acceptors (Lipinski definition) is 7. The third kappa shape index (κ3) is 13.3. The third-order valence-electron chi connectivity index (χ3n) is 6.00. The van der Waals surface area contributed by atoms with Gasteiger partial charge in [0.15, 0.2) is 0 Å². The van der Waals surface area contributed by atoms with Gasteiger partial charge in [-0.05, 0) is 30.5 Å². The van der Waals surface area contributed by atoms with Gasteiger partial charge in [0.05, 0.1) is 77.8 Å². The van der Waals surface area contributed by atoms with Crippen LogP contribution >= 0.6 is 11.6 Å². The van der Waals surface area contributed by atoms with E-state index >= 15 is 0 Å². The van der Waals surface area contributed by atoms with Gasteiger partial charge in [0, 0.05) is 37.6 Å². The normalized spacial score (nSPS) is 11.4. The van der Waals surface area contributed by atoms with Crippen LogP contribution in [0.3, 0.4) is 0 Å². The summed E-state index contributed by atoms with van der Waals surface area (Å²) in [6.07, 6.45) is 11.9. The number of halogens is 2. The molecule has 3 aromatic rings. The van der Waals surface area contributed by atoms with Gasteiger partial charge >= 0.3 is 0 Å². The summed E-state index contributed by atoms with van der Waals surface area (Å²) in [5.41, 5.74) is 1.92. The minimum absolute atomic E-state index is 0.242. The van der Waals surface area contributed by atoms with Gasteiger partial charge in [-0.1, -0.05) is 25.0 Å². The SMILES string of the molecule is Fc1ccc(Cn2ccnc2-c2cnn(CCOCCOCCOCCOCCOCCCCCCCl)c2)cc1. The van der Waals surface area contributed by atoms with Crippen molar-refractivity contribution in [1.82, 2.24) is 19.3 Å². The van der Waals surface area contributed by atoms with Gasteiger partial charge in [0.2, 0.25) is 0 Å². The molecule has 40 heavy (non-hydrogen) atoms. The first-order chi connectivity index (χ1) is 19.8. The van der Waals surface area contributed by atoms with E-state index in [9.17, 15) is 4.39 Å². The Hall–Kier alpha value is -2.34. The predicted octanol–water partition coefficient (Wildman–Crippen LogP) is 4.82. The number of nitrogens with zero attached hydrogens (tertiary/aromatic N) is 4. The monoisotopic (exact) mass is 580 g/mol. The molecule has 0 bridgehead atoms. The topological polar surface area (TPSA) is 81.8 Å². The largest absolute Gasteiger partial charge is 0.379 e. The highest BCUT2D eigenvalue weighted by Crippen LogP contribution is 2.18. The lowest BCUT2D eigenvalue weighted by Crippen LogP contribution is -2.14. The van der Waals surface area contributed by atoms with Crippen molar-refractivity contribution in [2.24, 2.45) is 0 Å². The maximum absolute atomic E-state index is 13.2. The zero-order valence-corrected chi connectivity index (χ0v) is 24.0. The summed E-state index contributed by atoms with van der Waals surface area (Å²) in [7, 11) is 0. The van der Waals surface area contributed by atoms with E-state index in [2.05, 4.69) is 10.1 Å². The molecule has 2 aromatic heterocycles. The average molecular weight is 581 g/mol. The van der Waals surface area contributed by atoms with Crippen LogP contribution < -0.4 is 0 Å². The highest BCUT2D eigenvalue weighted by Gasteiger charge is 2.09. The summed E-state index contributed by atoms with van der Waals surface area (Å²) in [6, 6.07) is 6.48. The molecular formula is C29H42ClFN4O5. The van der Waals surface area contributed by atoms with Crippen LogP contribution in [0.1, 0.15) is 31.2 Å². The minimum Gasteiger partial charge on any atom is -0.379 e. The van der Waals surface area contributed by atoms with Crippen LogP contribution in [-0.4, -0.2) is 91.3 Å². The van der Waals surface area contributed by atoms with Crippen molar-refractivity contribution in [3.63, 3.8) is 0 Å². The number of imidazole rings is 1. The van der Waals surface area contributed by atoms with Crippen molar-refractivity contribution in [2.45, 2.75) is 38.8 Å². The van der Waals surface area contributed by atoms with E-state index < -0.39 is 0 Å². The molecule has 0 saturated carbocycles. The smallest absolute Gasteiger partial charge is 0.143 e. The van der Waals surface area contributed by atoms with Gasteiger partial charge in [-0.2, -0.15) is 5.10 Å². The van der Waals surface area contributed by atoms with Gasteiger partial charge in [-0.15, -0.1) is 11.6 Å². The first-order valence-electron chi connectivity index (χ1n) is 14.0. The summed E-state index contributed by atoms with van der Waals surface area (Å²) in [5.74, 6) is 1.31. The standard InChI is InChI=1S/C29H42ClFN4O5/c30-9-3-1-2-4-13-36-15-17-38-19-21-40-22-20-39-18-16-37-14-12-35-25-27(23-33-35)29-32-10-11-34(29)24-26-5-7-28(31)8-6-26/h5-8,10-11,23,25H,1-4,9,12-22,24H2. The van der Waals surface area contributed by atoms with Crippen LogP contribution in [0.4, 0.5) is 4.39 Å². The second-order valence-electron chi connectivity index (χ2n) is 9.16. The Balaban J connectivity index is 1.13. The fourth-order valence-corrected chi connectivity index (χ4v) is 4.07. The molecule has 3 rings (SSSR count). The molecule has 0 unspecified atom stereocenters. The highest BCUT2D eigenvalue weighted by molar-refractivity contribution is 6.17. The Morgan fingerprint density at radius 3 is 1.98 bits per heavy atom. The van der Waals surface area contributed by atoms with E-state index in [0.717, 1.165) is 42.3 Å². The quantitative estimate of drug-likeness (QED) is 0.111. The molecule has 0 spiro atoms. The lowest BCUT2D eigenvalue weighted by atomic mass is 10.2. The molecule has 0 radical (unpaired) electrons. The number of benzene rings is 1. The maximum Gasteiger partial charge on any atom is 0.143 e. The summed E-state index contributed by atoms with van der Waals surface area (Å²) in [6.45, 7) is 6.88. The zero-order chi connectivity index (χ0) is 28.1. The summed E-state index contributed by atoms with van der Waals surface area (Å²) < 4.78 is 44.8. The molecule has 0 atom stereocenters. The maximum atomic E-state index is 13.2. The molecule has 0 saturated heterocycles. The fourth-order valence-electron chi connectivity index (χ4n) is 3.88. The van der Waals surface area contributed by atoms with Crippen LogP contribution in [0, 0.1) is 5.82 Å². The first-order valence-corrected chi connectivity index (χ1v) is 14.5. The lowest BCUT2D eigenvalue weighted by Gasteiger charge is -2.08. The highest BCUT2D eigenvalue weighted by atomic mass is 35.5. The molecule has 0 aliphatic carbocycles. The molecule has 1 aromatic carbocycles. The number of rotatable bonds is 24. The molecule has 0 aliphatic rings. The summed E-state index contributed by atoms with van der Waals surface area (Å²) >= 11 is 5.65. The van der Waals surface area contributed by atoms with Crippen molar-refractivity contribution >= 4 is 11.6 Å². The van der Waals surface area contributed by atoms with E-state index in [4.69, 9.17) is 35.3 Å². The lowest BCUT2D eigenvalue weighted by molar-refractivity contribution is -0.0117. The van der Waals surface area contributed by atoms with Gasteiger partial charge in [0.25, 0.3) is 0 Å². The summed E-state index contributed by atoms with van der Waals surface area (Å²) in [5, 5.41) is 4.42. The molecule has 11 heteroatoms. The van der Waals surface area contributed by atoms with Crippen molar-refractivity contribution in [1.29, 1.82) is 0 Å². The molecular weight excluding hydrogens is 539 g/mol. The summed E-state index contributed by atoms with van der Waals surface area (Å²) in [4.78, 5) is 4.47. The second-order valence-corrected chi connectivity index (χ2v) is 9.54. The van der Waals surface area contributed by atoms with E-state index in [-0.39, 0.29) is 5.82 Å². The van der Waals surface area contributed by atoms with Crippen molar-refractivity contribution in [3.05, 3.63) is 60.4 Å². The molecule has 0 N–H and O–H groups in total. The number of unbranched alkanes of at least 4 members (excludes halogenated alkanes) is 3. The van der Waals surface area contributed by atoms with Gasteiger partial charge in [-0.3, -0.25) is 4.68 Å². The Labute approximate surface area is 241 Å². The fraction of sp³-hybridized carbons (Fsp3) is 0.586. The van der Waals surface area contributed by atoms with Crippen LogP contribution in [0.25, 0.3) is 11.4 Å². The Bertz CT molecular complexity index is 1030. The number of hydrogen-bond donors (Lipinski definition) is 0. The first kappa shape index (κ1) is 32.2. The molecule has 2 heterocycles. The van der Waals surface area contributed by atoms with Crippen molar-refractivity contribution < 1.29 is 28.1 Å². The molecule has 0 aliphatic heterocycles. The van der Waals surface area contributed by atoms with E-state index in [1.165, 1.54) is 25.0 Å². The third-order valence-corrected chi connectivity index (χ3v) is 6.27. The number of ether oxygens (including phenoxy) is 5. The van der Waals surface area contributed by atoms with E-state index in [0.29, 0.717) is 72.6 Å². The van der Waals surface area contributed by atoms with Gasteiger partial charge < -0.3 is 28.3 Å². The van der Waals surface area contributed by atoms with Crippen LogP contribution in [0.2, 0.25) is 0 Å². The zero-order valence-electron chi connectivity index (χ0n) is 23.2. The second kappa shape index (κ2) is 20.5. The molecule has 0 fully saturated rings. The molecule has 9 nitrogen and oxygen atoms in total. The van der Waals surface area contributed by atoms with Crippen LogP contribution in [-0.2, 0) is 36.8 Å². The van der Waals surface area contributed by atoms with Gasteiger partial charge in [-0.25, -0.2) is 9.37 Å². The minimum atomic E-state index is -0.242. The molecule has 0 amide bonds. The number of alkyl halides is 1. The number of aromatic nitrogens is 4. The van der Waals surface area contributed by atoms with Gasteiger partial charge in [0.1, 0.15) is 11.6 Å². The van der Waals surface area contributed by atoms with E-state index in [1.54, 1.807) is 24.5 Å². The molecule has 222 valence electrons. The predicted molar refractivity (Wildman–Crippen MR) is 152 cm³/mol.